The largest absolute Gasteiger partial charge is 0.379 e. The van der Waals surface area contributed by atoms with Crippen molar-refractivity contribution in [1.29, 1.82) is 0 Å². The Morgan fingerprint density at radius 1 is 0.895 bits per heavy atom. The summed E-state index contributed by atoms with van der Waals surface area (Å²) in [5.74, 6) is -0.154. The molecule has 3 aromatic carbocycles. The van der Waals surface area contributed by atoms with Gasteiger partial charge in [-0.15, -0.1) is 0 Å². The number of carbonyl (C=O) groups is 1. The quantitative estimate of drug-likeness (QED) is 0.193. The number of amides is 1. The molecule has 0 saturated carbocycles. The van der Waals surface area contributed by atoms with E-state index in [1.165, 1.54) is 48.2 Å². The highest BCUT2D eigenvalue weighted by Gasteiger charge is 2.28. The monoisotopic (exact) mass is 550 g/mol. The summed E-state index contributed by atoms with van der Waals surface area (Å²) in [6.45, 7) is 2.70. The van der Waals surface area contributed by atoms with Crippen molar-refractivity contribution in [2.45, 2.75) is 4.90 Å². The van der Waals surface area contributed by atoms with Crippen LogP contribution in [-0.4, -0.2) is 55.5 Å². The van der Waals surface area contributed by atoms with E-state index in [-0.39, 0.29) is 22.2 Å². The lowest BCUT2D eigenvalue weighted by Gasteiger charge is -2.36. The predicted molar refractivity (Wildman–Crippen MR) is 146 cm³/mol. The normalized spacial score (nSPS) is 17.0. The van der Waals surface area contributed by atoms with Crippen LogP contribution in [0.1, 0.15) is 5.56 Å². The maximum absolute atomic E-state index is 12.5. The zero-order valence-corrected chi connectivity index (χ0v) is 21.6. The number of aliphatic imine (C=N–C) groups is 1. The molecule has 0 radical (unpaired) electrons. The number of piperazine rings is 1. The van der Waals surface area contributed by atoms with Crippen molar-refractivity contribution >= 4 is 50.4 Å². The van der Waals surface area contributed by atoms with Crippen LogP contribution in [0.4, 0.5) is 11.4 Å². The Kier molecular flexibility index (Phi) is 7.16. The number of thioether (sulfide) groups is 1. The van der Waals surface area contributed by atoms with E-state index >= 15 is 0 Å². The minimum atomic E-state index is -3.93. The molecule has 0 aromatic heterocycles. The Labute approximate surface area is 223 Å². The van der Waals surface area contributed by atoms with E-state index in [1.54, 1.807) is 48.5 Å². The van der Waals surface area contributed by atoms with Crippen LogP contribution in [0.15, 0.2) is 93.7 Å². The summed E-state index contributed by atoms with van der Waals surface area (Å²) in [5, 5.41) is 11.5. The molecule has 194 valence electrons. The van der Waals surface area contributed by atoms with Crippen molar-refractivity contribution in [3.8, 4) is 5.75 Å². The molecule has 3 aromatic rings. The second kappa shape index (κ2) is 10.7. The molecule has 2 aliphatic heterocycles. The van der Waals surface area contributed by atoms with E-state index in [1.807, 2.05) is 0 Å². The standard InChI is InChI=1S/C26H22N4O6S2/c31-25-24(18-19-6-12-22(13-7-19)36-38(34,35)23-4-2-1-3-5-23)37-26(27-25)29-16-14-28(15-17-29)20-8-10-21(11-9-20)30(32)33/h1-13,18H,14-17H2/b24-18+. The molecule has 0 aliphatic carbocycles. The molecule has 2 aliphatic rings. The molecule has 2 heterocycles. The molecule has 0 bridgehead atoms. The highest BCUT2D eigenvalue weighted by atomic mass is 32.2. The molecule has 0 unspecified atom stereocenters. The van der Waals surface area contributed by atoms with Crippen LogP contribution in [0, 0.1) is 10.1 Å². The van der Waals surface area contributed by atoms with Gasteiger partial charge >= 0.3 is 10.1 Å². The van der Waals surface area contributed by atoms with Crippen LogP contribution in [-0.2, 0) is 14.9 Å². The number of amidine groups is 1. The van der Waals surface area contributed by atoms with Crippen LogP contribution in [0.2, 0.25) is 0 Å². The first kappa shape index (κ1) is 25.5. The van der Waals surface area contributed by atoms with Crippen LogP contribution in [0.3, 0.4) is 0 Å². The van der Waals surface area contributed by atoms with Gasteiger partial charge in [0.25, 0.3) is 11.6 Å². The van der Waals surface area contributed by atoms with Gasteiger partial charge in [-0.2, -0.15) is 13.4 Å². The Morgan fingerprint density at radius 2 is 1.53 bits per heavy atom. The fourth-order valence-corrected chi connectivity index (χ4v) is 5.92. The van der Waals surface area contributed by atoms with Crippen molar-refractivity contribution in [3.05, 3.63) is 99.4 Å². The molecular formula is C26H22N4O6S2. The third-order valence-corrected chi connectivity index (χ3v) is 8.31. The zero-order chi connectivity index (χ0) is 26.7. The number of hydrogen-bond donors (Lipinski definition) is 0. The Morgan fingerprint density at radius 3 is 2.16 bits per heavy atom. The van der Waals surface area contributed by atoms with E-state index in [0.717, 1.165) is 5.69 Å². The second-order valence-electron chi connectivity index (χ2n) is 8.48. The van der Waals surface area contributed by atoms with Crippen molar-refractivity contribution in [1.82, 2.24) is 4.90 Å². The van der Waals surface area contributed by atoms with E-state index in [9.17, 15) is 23.3 Å². The van der Waals surface area contributed by atoms with Gasteiger partial charge in [-0.1, -0.05) is 30.3 Å². The predicted octanol–water partition coefficient (Wildman–Crippen LogP) is 4.16. The molecule has 0 N–H and O–H groups in total. The summed E-state index contributed by atoms with van der Waals surface area (Å²) in [7, 11) is -3.93. The number of anilines is 1. The molecule has 0 spiro atoms. The number of rotatable bonds is 6. The molecule has 1 fully saturated rings. The smallest absolute Gasteiger partial charge is 0.339 e. The van der Waals surface area contributed by atoms with Crippen LogP contribution in [0.25, 0.3) is 6.08 Å². The Balaban J connectivity index is 1.18. The van der Waals surface area contributed by atoms with Crippen molar-refractivity contribution in [3.63, 3.8) is 0 Å². The number of benzene rings is 3. The van der Waals surface area contributed by atoms with Gasteiger partial charge in [0.2, 0.25) is 0 Å². The molecule has 38 heavy (non-hydrogen) atoms. The number of hydrogen-bond acceptors (Lipinski definition) is 9. The number of non-ortho nitro benzene ring substituents is 1. The van der Waals surface area contributed by atoms with Gasteiger partial charge in [0.05, 0.1) is 9.83 Å². The second-order valence-corrected chi connectivity index (χ2v) is 11.0. The molecule has 0 atom stereocenters. The number of nitrogens with zero attached hydrogens (tertiary/aromatic N) is 4. The minimum absolute atomic E-state index is 0.0568. The van der Waals surface area contributed by atoms with Gasteiger partial charge in [-0.05, 0) is 59.8 Å². The average Bonchev–Trinajstić information content (AvgIpc) is 3.30. The highest BCUT2D eigenvalue weighted by Crippen LogP contribution is 2.32. The number of carbonyl (C=O) groups excluding carboxylic acids is 1. The minimum Gasteiger partial charge on any atom is -0.379 e. The van der Waals surface area contributed by atoms with Crippen LogP contribution >= 0.6 is 11.8 Å². The summed E-state index contributed by atoms with van der Waals surface area (Å²) < 4.78 is 30.0. The third-order valence-electron chi connectivity index (χ3n) is 6.00. The van der Waals surface area contributed by atoms with E-state index in [0.29, 0.717) is 41.8 Å². The van der Waals surface area contributed by atoms with Crippen molar-refractivity contribution < 1.29 is 22.3 Å². The summed E-state index contributed by atoms with van der Waals surface area (Å²) in [6, 6.07) is 20.8. The summed E-state index contributed by atoms with van der Waals surface area (Å²) in [4.78, 5) is 31.9. The summed E-state index contributed by atoms with van der Waals surface area (Å²) in [5.41, 5.74) is 1.68. The van der Waals surface area contributed by atoms with Gasteiger partial charge in [0, 0.05) is 44.0 Å². The molecule has 10 nitrogen and oxygen atoms in total. The lowest BCUT2D eigenvalue weighted by Crippen LogP contribution is -2.47. The van der Waals surface area contributed by atoms with Crippen molar-refractivity contribution in [2.75, 3.05) is 31.1 Å². The summed E-state index contributed by atoms with van der Waals surface area (Å²) in [6.07, 6.45) is 1.71. The lowest BCUT2D eigenvalue weighted by atomic mass is 10.2. The third kappa shape index (κ3) is 5.71. The zero-order valence-electron chi connectivity index (χ0n) is 20.0. The van der Waals surface area contributed by atoms with Crippen molar-refractivity contribution in [2.24, 2.45) is 4.99 Å². The molecule has 1 saturated heterocycles. The molecular weight excluding hydrogens is 528 g/mol. The summed E-state index contributed by atoms with van der Waals surface area (Å²) >= 11 is 1.30. The molecule has 1 amide bonds. The Hall–Kier alpha value is -4.16. The highest BCUT2D eigenvalue weighted by molar-refractivity contribution is 8.18. The van der Waals surface area contributed by atoms with E-state index < -0.39 is 15.0 Å². The van der Waals surface area contributed by atoms with E-state index in [4.69, 9.17) is 4.18 Å². The Bertz CT molecular complexity index is 1510. The molecule has 12 heteroatoms. The van der Waals surface area contributed by atoms with Gasteiger partial charge in [0.1, 0.15) is 10.6 Å². The average molecular weight is 551 g/mol. The maximum atomic E-state index is 12.5. The maximum Gasteiger partial charge on any atom is 0.339 e. The van der Waals surface area contributed by atoms with Crippen LogP contribution < -0.4 is 9.08 Å². The van der Waals surface area contributed by atoms with E-state index in [2.05, 4.69) is 14.8 Å². The van der Waals surface area contributed by atoms with Gasteiger partial charge in [-0.3, -0.25) is 14.9 Å². The van der Waals surface area contributed by atoms with Crippen LogP contribution in [0.5, 0.6) is 5.75 Å². The number of nitro groups is 1. The SMILES string of the molecule is O=C1N=C(N2CCN(c3ccc([N+](=O)[O-])cc3)CC2)S/C1=C/c1ccc(OS(=O)(=O)c2ccccc2)cc1. The number of nitro benzene ring substituents is 1. The van der Waals surface area contributed by atoms with Gasteiger partial charge in [0.15, 0.2) is 5.17 Å². The topological polar surface area (TPSA) is 122 Å². The fraction of sp³-hybridized carbons (Fsp3) is 0.154. The first-order valence-electron chi connectivity index (χ1n) is 11.6. The lowest BCUT2D eigenvalue weighted by molar-refractivity contribution is -0.384. The van der Waals surface area contributed by atoms with Gasteiger partial charge in [-0.25, -0.2) is 0 Å². The first-order valence-corrected chi connectivity index (χ1v) is 13.9. The van der Waals surface area contributed by atoms with Gasteiger partial charge < -0.3 is 14.0 Å². The first-order chi connectivity index (χ1) is 18.3. The molecule has 5 rings (SSSR count). The fourth-order valence-electron chi connectivity index (χ4n) is 4.01.